The Hall–Kier alpha value is -1.81. The molecule has 4 nitrogen and oxygen atoms in total. The highest BCUT2D eigenvalue weighted by Crippen LogP contribution is 2.54. The summed E-state index contributed by atoms with van der Waals surface area (Å²) in [5.74, 6) is 0.792. The van der Waals surface area contributed by atoms with Crippen LogP contribution in [0.5, 0.6) is 0 Å². The molecule has 2 aromatic rings. The van der Waals surface area contributed by atoms with Crippen molar-refractivity contribution in [2.24, 2.45) is 11.3 Å². The summed E-state index contributed by atoms with van der Waals surface area (Å²) in [5, 5.41) is 1.27. The van der Waals surface area contributed by atoms with Gasteiger partial charge in [0.05, 0.1) is 6.10 Å². The molecule has 134 valence electrons. The van der Waals surface area contributed by atoms with E-state index in [2.05, 4.69) is 43.2 Å². The molecule has 2 fully saturated rings. The molecule has 0 spiro atoms. The molecule has 1 amide bonds. The minimum Gasteiger partial charge on any atom is -0.377 e. The molecular formula is C21H28N2O2. The van der Waals surface area contributed by atoms with E-state index in [1.807, 2.05) is 18.0 Å². The van der Waals surface area contributed by atoms with E-state index in [4.69, 9.17) is 4.74 Å². The molecule has 1 aliphatic heterocycles. The van der Waals surface area contributed by atoms with Gasteiger partial charge in [-0.05, 0) is 30.9 Å². The molecule has 0 radical (unpaired) electrons. The summed E-state index contributed by atoms with van der Waals surface area (Å²) in [6, 6.07) is 8.67. The van der Waals surface area contributed by atoms with Gasteiger partial charge >= 0.3 is 0 Å². The van der Waals surface area contributed by atoms with E-state index >= 15 is 0 Å². The molecule has 4 heteroatoms. The summed E-state index contributed by atoms with van der Waals surface area (Å²) in [5.41, 5.74) is 2.55. The minimum absolute atomic E-state index is 0.0718. The molecule has 2 heterocycles. The first-order valence-corrected chi connectivity index (χ1v) is 9.42. The number of carbonyl (C=O) groups is 1. The number of aromatic amines is 1. The summed E-state index contributed by atoms with van der Waals surface area (Å²) in [4.78, 5) is 18.0. The van der Waals surface area contributed by atoms with Crippen molar-refractivity contribution in [3.63, 3.8) is 0 Å². The number of rotatable bonds is 5. The van der Waals surface area contributed by atoms with Gasteiger partial charge in [0.25, 0.3) is 0 Å². The maximum atomic E-state index is 12.7. The third-order valence-corrected chi connectivity index (χ3v) is 6.36. The second-order valence-electron chi connectivity index (χ2n) is 8.23. The van der Waals surface area contributed by atoms with E-state index in [1.54, 1.807) is 0 Å². The first kappa shape index (κ1) is 16.6. The van der Waals surface area contributed by atoms with E-state index in [9.17, 15) is 4.79 Å². The van der Waals surface area contributed by atoms with Crippen molar-refractivity contribution in [3.8, 4) is 0 Å². The van der Waals surface area contributed by atoms with Gasteiger partial charge in [0, 0.05) is 54.5 Å². The number of hydrogen-bond acceptors (Lipinski definition) is 2. The number of para-hydroxylation sites is 1. The molecule has 1 N–H and O–H groups in total. The highest BCUT2D eigenvalue weighted by Gasteiger charge is 2.61. The van der Waals surface area contributed by atoms with Crippen LogP contribution in [0, 0.1) is 11.3 Å². The van der Waals surface area contributed by atoms with Crippen molar-refractivity contribution in [2.45, 2.75) is 51.7 Å². The molecule has 0 unspecified atom stereocenters. The molecule has 4 rings (SSSR count). The van der Waals surface area contributed by atoms with Crippen LogP contribution >= 0.6 is 0 Å². The Morgan fingerprint density at radius 3 is 3.00 bits per heavy atom. The van der Waals surface area contributed by atoms with Crippen LogP contribution in [0.25, 0.3) is 10.9 Å². The van der Waals surface area contributed by atoms with Gasteiger partial charge in [-0.15, -0.1) is 0 Å². The number of H-pyrrole nitrogens is 1. The van der Waals surface area contributed by atoms with Crippen LogP contribution in [0.4, 0.5) is 0 Å². The molecule has 25 heavy (non-hydrogen) atoms. The molecule has 1 aromatic heterocycles. The van der Waals surface area contributed by atoms with Crippen molar-refractivity contribution in [1.82, 2.24) is 9.88 Å². The van der Waals surface area contributed by atoms with Crippen LogP contribution in [0.15, 0.2) is 30.5 Å². The quantitative estimate of drug-likeness (QED) is 0.901. The van der Waals surface area contributed by atoms with Crippen molar-refractivity contribution < 1.29 is 9.53 Å². The molecule has 1 saturated carbocycles. The standard InChI is InChI=1S/C21H28N2O2/c1-21(2)19(16-11-12-25-20(16)21)23(3)18(24)10-6-7-14-13-22-17-9-5-4-8-15(14)17/h4-5,8-9,13,16,19-20,22H,6-7,10-12H2,1-3H3/t16-,19-,20+/m1/s1. The van der Waals surface area contributed by atoms with Gasteiger partial charge < -0.3 is 14.6 Å². The van der Waals surface area contributed by atoms with Gasteiger partial charge in [-0.2, -0.15) is 0 Å². The second-order valence-corrected chi connectivity index (χ2v) is 8.23. The maximum Gasteiger partial charge on any atom is 0.222 e. The van der Waals surface area contributed by atoms with Gasteiger partial charge in [0.1, 0.15) is 0 Å². The lowest BCUT2D eigenvalue weighted by Crippen LogP contribution is -2.66. The van der Waals surface area contributed by atoms with Crippen molar-refractivity contribution in [2.75, 3.05) is 13.7 Å². The lowest BCUT2D eigenvalue weighted by molar-refractivity contribution is -0.167. The van der Waals surface area contributed by atoms with Crippen LogP contribution in [-0.2, 0) is 16.0 Å². The van der Waals surface area contributed by atoms with Gasteiger partial charge in [-0.3, -0.25) is 4.79 Å². The first-order chi connectivity index (χ1) is 12.0. The summed E-state index contributed by atoms with van der Waals surface area (Å²) in [6.07, 6.45) is 5.94. The number of benzene rings is 1. The highest BCUT2D eigenvalue weighted by atomic mass is 16.5. The van der Waals surface area contributed by atoms with Crippen LogP contribution in [0.2, 0.25) is 0 Å². The number of fused-ring (bicyclic) bond motifs is 2. The average molecular weight is 340 g/mol. The number of ether oxygens (including phenoxy) is 1. The fourth-order valence-electron chi connectivity index (χ4n) is 5.18. The number of nitrogens with zero attached hydrogens (tertiary/aromatic N) is 1. The van der Waals surface area contributed by atoms with E-state index in [-0.39, 0.29) is 11.3 Å². The fourth-order valence-corrected chi connectivity index (χ4v) is 5.18. The molecule has 1 aliphatic carbocycles. The van der Waals surface area contributed by atoms with Crippen molar-refractivity contribution in [3.05, 3.63) is 36.0 Å². The zero-order valence-corrected chi connectivity index (χ0v) is 15.4. The van der Waals surface area contributed by atoms with E-state index in [0.717, 1.165) is 25.9 Å². The van der Waals surface area contributed by atoms with Crippen molar-refractivity contribution in [1.29, 1.82) is 0 Å². The number of amides is 1. The molecule has 2 aliphatic rings. The zero-order chi connectivity index (χ0) is 17.6. The largest absolute Gasteiger partial charge is 0.377 e. The summed E-state index contributed by atoms with van der Waals surface area (Å²) >= 11 is 0. The molecule has 3 atom stereocenters. The molecule has 0 bridgehead atoms. The van der Waals surface area contributed by atoms with Gasteiger partial charge in [-0.25, -0.2) is 0 Å². The van der Waals surface area contributed by atoms with Gasteiger partial charge in [0.2, 0.25) is 5.91 Å². The molecular weight excluding hydrogens is 312 g/mol. The normalized spacial score (nSPS) is 27.1. The van der Waals surface area contributed by atoms with Crippen LogP contribution in [-0.4, -0.2) is 41.6 Å². The highest BCUT2D eigenvalue weighted by molar-refractivity contribution is 5.83. The smallest absolute Gasteiger partial charge is 0.222 e. The second kappa shape index (κ2) is 6.17. The lowest BCUT2D eigenvalue weighted by atomic mass is 9.57. The Labute approximate surface area is 149 Å². The molecule has 1 aromatic carbocycles. The van der Waals surface area contributed by atoms with E-state index in [1.165, 1.54) is 16.5 Å². The predicted octanol–water partition coefficient (Wildman–Crippen LogP) is 3.76. The summed E-state index contributed by atoms with van der Waals surface area (Å²) < 4.78 is 5.86. The SMILES string of the molecule is CN(C(=O)CCCc1c[nH]c2ccccc12)[C@@H]1[C@H]2CCO[C@@H]2C1(C)C. The summed E-state index contributed by atoms with van der Waals surface area (Å²) in [7, 11) is 1.98. The monoisotopic (exact) mass is 340 g/mol. The maximum absolute atomic E-state index is 12.7. The Morgan fingerprint density at radius 2 is 2.16 bits per heavy atom. The number of aryl methyl sites for hydroxylation is 1. The Bertz CT molecular complexity index is 779. The summed E-state index contributed by atoms with van der Waals surface area (Å²) in [6.45, 7) is 5.32. The van der Waals surface area contributed by atoms with Crippen LogP contribution < -0.4 is 0 Å². The van der Waals surface area contributed by atoms with E-state index in [0.29, 0.717) is 24.5 Å². The zero-order valence-electron chi connectivity index (χ0n) is 15.4. The third-order valence-electron chi connectivity index (χ3n) is 6.36. The predicted molar refractivity (Wildman–Crippen MR) is 99.4 cm³/mol. The third kappa shape index (κ3) is 2.67. The number of hydrogen-bond donors (Lipinski definition) is 1. The Morgan fingerprint density at radius 1 is 1.36 bits per heavy atom. The van der Waals surface area contributed by atoms with Gasteiger partial charge in [-0.1, -0.05) is 32.0 Å². The van der Waals surface area contributed by atoms with E-state index < -0.39 is 0 Å². The van der Waals surface area contributed by atoms with Crippen molar-refractivity contribution >= 4 is 16.8 Å². The Kier molecular flexibility index (Phi) is 4.11. The minimum atomic E-state index is 0.0718. The molecule has 1 saturated heterocycles. The van der Waals surface area contributed by atoms with Gasteiger partial charge in [0.15, 0.2) is 0 Å². The first-order valence-electron chi connectivity index (χ1n) is 9.42. The number of nitrogens with one attached hydrogen (secondary N) is 1. The number of aromatic nitrogens is 1. The topological polar surface area (TPSA) is 45.3 Å². The number of carbonyl (C=O) groups excluding carboxylic acids is 1. The Balaban J connectivity index is 1.34. The van der Waals surface area contributed by atoms with Crippen LogP contribution in [0.1, 0.15) is 38.7 Å². The fraction of sp³-hybridized carbons (Fsp3) is 0.571. The lowest BCUT2D eigenvalue weighted by Gasteiger charge is -2.57. The average Bonchev–Trinajstić information content (AvgIpc) is 3.20. The van der Waals surface area contributed by atoms with Crippen LogP contribution in [0.3, 0.4) is 0 Å².